The van der Waals surface area contributed by atoms with E-state index in [1.807, 2.05) is 34.7 Å². The summed E-state index contributed by atoms with van der Waals surface area (Å²) >= 11 is 6.05. The average Bonchev–Trinajstić information content (AvgIpc) is 3.42. The van der Waals surface area contributed by atoms with Crippen molar-refractivity contribution < 1.29 is 0 Å². The number of hydrogen-bond donors (Lipinski definition) is 0. The molecule has 150 valence electrons. The first-order valence-electron chi connectivity index (χ1n) is 10.5. The van der Waals surface area contributed by atoms with Gasteiger partial charge in [0, 0.05) is 21.6 Å². The molecule has 1 fully saturated rings. The Morgan fingerprint density at radius 1 is 1.03 bits per heavy atom. The molecule has 1 spiro atoms. The zero-order chi connectivity index (χ0) is 20.3. The van der Waals surface area contributed by atoms with E-state index in [4.69, 9.17) is 11.6 Å². The molecule has 6 rings (SSSR count). The van der Waals surface area contributed by atoms with Gasteiger partial charge in [-0.25, -0.2) is 0 Å². The van der Waals surface area contributed by atoms with Gasteiger partial charge in [0.05, 0.1) is 12.2 Å². The van der Waals surface area contributed by atoms with Gasteiger partial charge >= 0.3 is 0 Å². The molecule has 30 heavy (non-hydrogen) atoms. The third-order valence-electron chi connectivity index (χ3n) is 6.85. The molecule has 2 heterocycles. The van der Waals surface area contributed by atoms with Crippen LogP contribution in [0.5, 0.6) is 0 Å². The molecule has 0 amide bonds. The van der Waals surface area contributed by atoms with Gasteiger partial charge in [0.2, 0.25) is 5.78 Å². The number of halogens is 1. The Morgan fingerprint density at radius 2 is 1.80 bits per heavy atom. The molecule has 0 N–H and O–H groups in total. The van der Waals surface area contributed by atoms with Crippen molar-refractivity contribution in [2.45, 2.75) is 44.1 Å². The molecule has 6 heteroatoms. The second-order valence-corrected chi connectivity index (χ2v) is 9.00. The van der Waals surface area contributed by atoms with E-state index in [1.165, 1.54) is 18.4 Å². The highest BCUT2D eigenvalue weighted by molar-refractivity contribution is 6.30. The summed E-state index contributed by atoms with van der Waals surface area (Å²) in [5, 5.41) is 9.21. The first-order chi connectivity index (χ1) is 14.7. The van der Waals surface area contributed by atoms with Crippen LogP contribution in [0.2, 0.25) is 5.02 Å². The molecule has 2 aliphatic rings. The SMILES string of the molecule is O=c1c2c(n3cnnc3n1Cc1ccc(Cl)cc1)-c1ccccc1CC21CCCC1. The molecule has 5 nitrogen and oxygen atoms in total. The molecule has 0 unspecified atom stereocenters. The predicted octanol–water partition coefficient (Wildman–Crippen LogP) is 4.63. The van der Waals surface area contributed by atoms with E-state index < -0.39 is 0 Å². The monoisotopic (exact) mass is 416 g/mol. The lowest BCUT2D eigenvalue weighted by Gasteiger charge is -2.37. The fourth-order valence-electron chi connectivity index (χ4n) is 5.51. The van der Waals surface area contributed by atoms with E-state index in [1.54, 1.807) is 10.9 Å². The van der Waals surface area contributed by atoms with Gasteiger partial charge in [-0.2, -0.15) is 0 Å². The molecule has 0 saturated heterocycles. The van der Waals surface area contributed by atoms with Crippen molar-refractivity contribution >= 4 is 17.4 Å². The zero-order valence-corrected chi connectivity index (χ0v) is 17.3. The lowest BCUT2D eigenvalue weighted by atomic mass is 9.68. The maximum Gasteiger partial charge on any atom is 0.259 e. The van der Waals surface area contributed by atoms with Crippen LogP contribution in [-0.2, 0) is 18.4 Å². The quantitative estimate of drug-likeness (QED) is 0.478. The van der Waals surface area contributed by atoms with E-state index in [0.29, 0.717) is 17.3 Å². The summed E-state index contributed by atoms with van der Waals surface area (Å²) in [6, 6.07) is 16.1. The van der Waals surface area contributed by atoms with Gasteiger partial charge < -0.3 is 0 Å². The number of hydrogen-bond acceptors (Lipinski definition) is 3. The van der Waals surface area contributed by atoms with Crippen LogP contribution < -0.4 is 5.56 Å². The van der Waals surface area contributed by atoms with Crippen molar-refractivity contribution in [2.75, 3.05) is 0 Å². The van der Waals surface area contributed by atoms with Gasteiger partial charge in [-0.1, -0.05) is 60.8 Å². The van der Waals surface area contributed by atoms with E-state index in [0.717, 1.165) is 41.6 Å². The molecular formula is C24H21ClN4O. The van der Waals surface area contributed by atoms with Crippen LogP contribution >= 0.6 is 11.6 Å². The van der Waals surface area contributed by atoms with Crippen molar-refractivity contribution in [1.29, 1.82) is 0 Å². The molecule has 0 bridgehead atoms. The smallest absolute Gasteiger partial charge is 0.259 e. The van der Waals surface area contributed by atoms with E-state index in [2.05, 4.69) is 28.4 Å². The van der Waals surface area contributed by atoms with Crippen LogP contribution in [0.3, 0.4) is 0 Å². The molecule has 0 radical (unpaired) electrons. The highest BCUT2D eigenvalue weighted by Crippen LogP contribution is 2.50. The minimum atomic E-state index is -0.0963. The van der Waals surface area contributed by atoms with Crippen LogP contribution in [-0.4, -0.2) is 19.2 Å². The Kier molecular flexibility index (Phi) is 3.90. The molecule has 1 saturated carbocycles. The zero-order valence-electron chi connectivity index (χ0n) is 16.5. The third kappa shape index (κ3) is 2.51. The number of fused-ring (bicyclic) bond motifs is 6. The second-order valence-electron chi connectivity index (χ2n) is 8.56. The Morgan fingerprint density at radius 3 is 2.60 bits per heavy atom. The largest absolute Gasteiger partial charge is 0.272 e. The highest BCUT2D eigenvalue weighted by Gasteiger charge is 2.44. The van der Waals surface area contributed by atoms with E-state index in [9.17, 15) is 4.79 Å². The normalized spacial score (nSPS) is 16.7. The summed E-state index contributed by atoms with van der Waals surface area (Å²) in [5.74, 6) is 0.582. The Hall–Kier alpha value is -2.92. The van der Waals surface area contributed by atoms with Gasteiger partial charge in [0.25, 0.3) is 5.56 Å². The van der Waals surface area contributed by atoms with Crippen molar-refractivity contribution in [2.24, 2.45) is 0 Å². The summed E-state index contributed by atoms with van der Waals surface area (Å²) in [5.41, 5.74) is 5.36. The minimum absolute atomic E-state index is 0.0665. The summed E-state index contributed by atoms with van der Waals surface area (Å²) in [6.07, 6.45) is 7.11. The van der Waals surface area contributed by atoms with Gasteiger partial charge in [-0.3, -0.25) is 13.8 Å². The Labute approximate surface area is 179 Å². The molecular weight excluding hydrogens is 396 g/mol. The molecule has 4 aromatic rings. The van der Waals surface area contributed by atoms with Crippen LogP contribution in [0.1, 0.15) is 42.4 Å². The van der Waals surface area contributed by atoms with Crippen molar-refractivity contribution in [1.82, 2.24) is 19.2 Å². The lowest BCUT2D eigenvalue weighted by molar-refractivity contribution is 0.422. The summed E-state index contributed by atoms with van der Waals surface area (Å²) < 4.78 is 3.80. The molecule has 2 aromatic heterocycles. The number of aromatic nitrogens is 4. The Balaban J connectivity index is 1.67. The van der Waals surface area contributed by atoms with Gasteiger partial charge in [-0.15, -0.1) is 10.2 Å². The van der Waals surface area contributed by atoms with Crippen molar-refractivity contribution in [3.8, 4) is 11.3 Å². The van der Waals surface area contributed by atoms with E-state index >= 15 is 0 Å². The lowest BCUT2D eigenvalue weighted by Crippen LogP contribution is -2.40. The highest BCUT2D eigenvalue weighted by atomic mass is 35.5. The maximum absolute atomic E-state index is 14.0. The van der Waals surface area contributed by atoms with Crippen molar-refractivity contribution in [3.63, 3.8) is 0 Å². The maximum atomic E-state index is 14.0. The van der Waals surface area contributed by atoms with Crippen LogP contribution in [0.15, 0.2) is 59.7 Å². The minimum Gasteiger partial charge on any atom is -0.272 e. The Bertz CT molecular complexity index is 1330. The van der Waals surface area contributed by atoms with Gasteiger partial charge in [0.15, 0.2) is 0 Å². The van der Waals surface area contributed by atoms with Gasteiger partial charge in [0.1, 0.15) is 6.33 Å². The van der Waals surface area contributed by atoms with Gasteiger partial charge in [-0.05, 0) is 42.5 Å². The third-order valence-corrected chi connectivity index (χ3v) is 7.11. The van der Waals surface area contributed by atoms with Crippen LogP contribution in [0.25, 0.3) is 17.0 Å². The van der Waals surface area contributed by atoms with Crippen LogP contribution in [0, 0.1) is 0 Å². The number of nitrogens with zero attached hydrogens (tertiary/aromatic N) is 4. The fraction of sp³-hybridized carbons (Fsp3) is 0.292. The summed E-state index contributed by atoms with van der Waals surface area (Å²) in [4.78, 5) is 14.0. The fourth-order valence-corrected chi connectivity index (χ4v) is 5.64. The standard InChI is InChI=1S/C24H21ClN4O/c25-18-9-7-16(8-10-18)14-28-22(30)20-21(29-15-26-27-23(28)29)19-6-2-1-5-17(19)13-24(20)11-3-4-12-24/h1-2,5-10,15H,3-4,11-14H2. The average molecular weight is 417 g/mol. The topological polar surface area (TPSA) is 52.2 Å². The molecule has 0 atom stereocenters. The summed E-state index contributed by atoms with van der Waals surface area (Å²) in [7, 11) is 0. The second kappa shape index (κ2) is 6.54. The van der Waals surface area contributed by atoms with Crippen molar-refractivity contribution in [3.05, 3.63) is 86.9 Å². The first kappa shape index (κ1) is 17.9. The summed E-state index contributed by atoms with van der Waals surface area (Å²) in [6.45, 7) is 0.448. The van der Waals surface area contributed by atoms with E-state index in [-0.39, 0.29) is 11.0 Å². The number of benzene rings is 2. The molecule has 2 aliphatic carbocycles. The molecule has 2 aromatic carbocycles. The first-order valence-corrected chi connectivity index (χ1v) is 10.8. The predicted molar refractivity (Wildman–Crippen MR) is 117 cm³/mol. The number of rotatable bonds is 2. The molecule has 0 aliphatic heterocycles. The van der Waals surface area contributed by atoms with Crippen LogP contribution in [0.4, 0.5) is 0 Å².